The highest BCUT2D eigenvalue weighted by Crippen LogP contribution is 2.11. The first-order chi connectivity index (χ1) is 5.46. The summed E-state index contributed by atoms with van der Waals surface area (Å²) in [5.74, 6) is -1.16. The zero-order valence-corrected chi connectivity index (χ0v) is 7.22. The zero-order chi connectivity index (χ0) is 9.46. The van der Waals surface area contributed by atoms with E-state index in [1.165, 1.54) is 7.05 Å². The quantitative estimate of drug-likeness (QED) is 0.212. The molecule has 0 aromatic rings. The third-order valence-electron chi connectivity index (χ3n) is 1.53. The maximum atomic E-state index is 11.1. The summed E-state index contributed by atoms with van der Waals surface area (Å²) in [4.78, 5) is 24.0. The third-order valence-corrected chi connectivity index (χ3v) is 2.00. The van der Waals surface area contributed by atoms with Crippen LogP contribution in [0.25, 0.3) is 0 Å². The summed E-state index contributed by atoms with van der Waals surface area (Å²) in [6.45, 7) is 3.29. The summed E-state index contributed by atoms with van der Waals surface area (Å²) >= 11 is 4.70. The van der Waals surface area contributed by atoms with Crippen LogP contribution in [0.1, 0.15) is 0 Å². The summed E-state index contributed by atoms with van der Waals surface area (Å²) in [6.07, 6.45) is 0. The predicted octanol–water partition coefficient (Wildman–Crippen LogP) is -0.788. The first-order valence-corrected chi connectivity index (χ1v) is 3.47. The van der Waals surface area contributed by atoms with E-state index in [1.807, 2.05) is 0 Å². The SMILES string of the molecule is [B]N1C(=O)C(=C)C(=O)N(C)C1=S. The number of hydrogen-bond acceptors (Lipinski definition) is 3. The van der Waals surface area contributed by atoms with E-state index >= 15 is 0 Å². The van der Waals surface area contributed by atoms with E-state index < -0.39 is 11.8 Å². The normalized spacial score (nSPS) is 19.1. The molecule has 0 aliphatic carbocycles. The van der Waals surface area contributed by atoms with E-state index in [9.17, 15) is 9.59 Å². The van der Waals surface area contributed by atoms with E-state index in [-0.39, 0.29) is 10.7 Å². The Bertz CT molecular complexity index is 276. The molecule has 1 aliphatic rings. The fourth-order valence-electron chi connectivity index (χ4n) is 0.775. The smallest absolute Gasteiger partial charge is 0.264 e. The monoisotopic (exact) mass is 180 g/mol. The largest absolute Gasteiger partial charge is 0.342 e. The van der Waals surface area contributed by atoms with Gasteiger partial charge in [0, 0.05) is 7.05 Å². The second-order valence-corrected chi connectivity index (χ2v) is 2.67. The molecule has 2 amide bonds. The first-order valence-electron chi connectivity index (χ1n) is 3.07. The Kier molecular flexibility index (Phi) is 2.02. The Morgan fingerprint density at radius 2 is 1.92 bits per heavy atom. The minimum Gasteiger partial charge on any atom is -0.342 e. The molecule has 0 aromatic carbocycles. The molecule has 4 nitrogen and oxygen atoms in total. The summed E-state index contributed by atoms with van der Waals surface area (Å²) in [5, 5.41) is -0.0163. The molecule has 6 heteroatoms. The molecule has 0 spiro atoms. The highest BCUT2D eigenvalue weighted by molar-refractivity contribution is 7.80. The summed E-state index contributed by atoms with van der Waals surface area (Å²) in [6, 6.07) is 0. The van der Waals surface area contributed by atoms with E-state index in [2.05, 4.69) is 6.58 Å². The molecule has 60 valence electrons. The molecular formula is C6H5BN2O2S. The Morgan fingerprint density at radius 1 is 1.42 bits per heavy atom. The van der Waals surface area contributed by atoms with Crippen molar-refractivity contribution < 1.29 is 9.59 Å². The van der Waals surface area contributed by atoms with Crippen LogP contribution < -0.4 is 0 Å². The van der Waals surface area contributed by atoms with Crippen molar-refractivity contribution in [3.8, 4) is 0 Å². The molecule has 0 saturated carbocycles. The number of carbonyl (C=O) groups excluding carboxylic acids is 2. The van der Waals surface area contributed by atoms with Gasteiger partial charge in [-0.3, -0.25) is 14.5 Å². The lowest BCUT2D eigenvalue weighted by Crippen LogP contribution is -2.53. The van der Waals surface area contributed by atoms with Gasteiger partial charge in [0.1, 0.15) is 0 Å². The third kappa shape index (κ3) is 1.04. The zero-order valence-electron chi connectivity index (χ0n) is 6.40. The predicted molar refractivity (Wildman–Crippen MR) is 47.1 cm³/mol. The Balaban J connectivity index is 3.07. The van der Waals surface area contributed by atoms with Crippen molar-refractivity contribution in [1.29, 1.82) is 0 Å². The van der Waals surface area contributed by atoms with Crippen molar-refractivity contribution in [2.45, 2.75) is 0 Å². The van der Waals surface area contributed by atoms with Crippen LogP contribution in [0.3, 0.4) is 0 Å². The van der Waals surface area contributed by atoms with Gasteiger partial charge in [-0.15, -0.1) is 0 Å². The maximum absolute atomic E-state index is 11.1. The van der Waals surface area contributed by atoms with Crippen molar-refractivity contribution in [3.63, 3.8) is 0 Å². The molecule has 0 bridgehead atoms. The number of hydrogen-bond donors (Lipinski definition) is 0. The number of nitrogens with zero attached hydrogens (tertiary/aromatic N) is 2. The van der Waals surface area contributed by atoms with Gasteiger partial charge in [-0.05, 0) is 12.2 Å². The van der Waals surface area contributed by atoms with Crippen LogP contribution in [0.5, 0.6) is 0 Å². The molecule has 0 aromatic heterocycles. The molecule has 1 fully saturated rings. The number of amides is 2. The van der Waals surface area contributed by atoms with Crippen LogP contribution in [0.2, 0.25) is 0 Å². The summed E-state index contributed by atoms with van der Waals surface area (Å²) in [5.41, 5.74) is -0.173. The molecule has 0 atom stereocenters. The lowest BCUT2D eigenvalue weighted by molar-refractivity contribution is -0.130. The van der Waals surface area contributed by atoms with Gasteiger partial charge in [0.15, 0.2) is 5.11 Å². The van der Waals surface area contributed by atoms with E-state index in [0.717, 1.165) is 9.71 Å². The second kappa shape index (κ2) is 2.71. The second-order valence-electron chi connectivity index (χ2n) is 2.30. The molecule has 12 heavy (non-hydrogen) atoms. The summed E-state index contributed by atoms with van der Waals surface area (Å²) in [7, 11) is 6.69. The van der Waals surface area contributed by atoms with Crippen LogP contribution in [0.4, 0.5) is 0 Å². The number of thiocarbonyl (C=S) groups is 1. The van der Waals surface area contributed by atoms with E-state index in [0.29, 0.717) is 0 Å². The van der Waals surface area contributed by atoms with Gasteiger partial charge < -0.3 is 4.81 Å². The van der Waals surface area contributed by atoms with Gasteiger partial charge in [-0.25, -0.2) is 0 Å². The van der Waals surface area contributed by atoms with Crippen LogP contribution in [-0.4, -0.2) is 41.7 Å². The van der Waals surface area contributed by atoms with E-state index in [1.54, 1.807) is 0 Å². The van der Waals surface area contributed by atoms with Gasteiger partial charge in [-0.2, -0.15) is 0 Å². The van der Waals surface area contributed by atoms with Crippen LogP contribution in [0.15, 0.2) is 12.2 Å². The minimum absolute atomic E-state index is 0.0163. The fraction of sp³-hybridized carbons (Fsp3) is 0.167. The minimum atomic E-state index is -0.650. The average Bonchev–Trinajstić information content (AvgIpc) is 2.08. The van der Waals surface area contributed by atoms with Gasteiger partial charge in [-0.1, -0.05) is 6.58 Å². The molecular weight excluding hydrogens is 175 g/mol. The number of likely N-dealkylation sites (N-methyl/N-ethyl adjacent to an activating group) is 1. The van der Waals surface area contributed by atoms with Gasteiger partial charge in [0.2, 0.25) is 7.98 Å². The van der Waals surface area contributed by atoms with Crippen molar-refractivity contribution in [2.24, 2.45) is 0 Å². The Hall–Kier alpha value is -1.17. The van der Waals surface area contributed by atoms with Gasteiger partial charge in [0.25, 0.3) is 11.8 Å². The standard InChI is InChI=1S/C6H5BN2O2S/c1-3-4(10)8(2)6(12)9(7)5(3)11/h1H2,2H3. The van der Waals surface area contributed by atoms with Crippen LogP contribution in [-0.2, 0) is 9.59 Å². The molecule has 2 radical (unpaired) electrons. The number of carbonyl (C=O) groups is 2. The summed E-state index contributed by atoms with van der Waals surface area (Å²) < 4.78 is 0. The first kappa shape index (κ1) is 8.93. The van der Waals surface area contributed by atoms with Crippen molar-refractivity contribution in [1.82, 2.24) is 9.71 Å². The van der Waals surface area contributed by atoms with Crippen LogP contribution >= 0.6 is 12.2 Å². The average molecular weight is 180 g/mol. The highest BCUT2D eigenvalue weighted by atomic mass is 32.1. The van der Waals surface area contributed by atoms with Crippen molar-refractivity contribution in [2.75, 3.05) is 7.05 Å². The Morgan fingerprint density at radius 3 is 2.42 bits per heavy atom. The fourth-order valence-corrected chi connectivity index (χ4v) is 0.940. The van der Waals surface area contributed by atoms with E-state index in [4.69, 9.17) is 20.2 Å². The van der Waals surface area contributed by atoms with Gasteiger partial charge in [0.05, 0.1) is 5.57 Å². The van der Waals surface area contributed by atoms with Gasteiger partial charge >= 0.3 is 0 Å². The topological polar surface area (TPSA) is 40.6 Å². The van der Waals surface area contributed by atoms with Crippen LogP contribution in [0, 0.1) is 0 Å². The highest BCUT2D eigenvalue weighted by Gasteiger charge is 2.33. The molecule has 0 N–H and O–H groups in total. The lowest BCUT2D eigenvalue weighted by Gasteiger charge is -2.31. The van der Waals surface area contributed by atoms with Crippen molar-refractivity contribution in [3.05, 3.63) is 12.2 Å². The molecule has 1 rings (SSSR count). The lowest BCUT2D eigenvalue weighted by atomic mass is 10.1. The molecule has 1 heterocycles. The number of rotatable bonds is 0. The molecule has 0 unspecified atom stereocenters. The maximum Gasteiger partial charge on any atom is 0.264 e. The molecule has 1 aliphatic heterocycles. The Labute approximate surface area is 76.2 Å². The van der Waals surface area contributed by atoms with Crippen molar-refractivity contribution >= 4 is 37.1 Å². The molecule has 1 saturated heterocycles.